The van der Waals surface area contributed by atoms with E-state index < -0.39 is 5.97 Å². The van der Waals surface area contributed by atoms with Gasteiger partial charge in [0.05, 0.1) is 0 Å². The van der Waals surface area contributed by atoms with Crippen molar-refractivity contribution in [2.24, 2.45) is 0 Å². The Morgan fingerprint density at radius 1 is 1.07 bits per heavy atom. The Labute approximate surface area is 170 Å². The zero-order valence-corrected chi connectivity index (χ0v) is 17.0. The van der Waals surface area contributed by atoms with Crippen molar-refractivity contribution in [2.45, 2.75) is 51.9 Å². The van der Waals surface area contributed by atoms with Crippen LogP contribution in [0.25, 0.3) is 10.9 Å². The molecule has 152 valence electrons. The zero-order valence-electron chi connectivity index (χ0n) is 17.0. The average molecular weight is 393 g/mol. The molecule has 1 fully saturated rings. The van der Waals surface area contributed by atoms with Crippen molar-refractivity contribution in [3.8, 4) is 17.2 Å². The first-order chi connectivity index (χ1) is 14.0. The maximum absolute atomic E-state index is 10.7. The number of fused-ring (bicyclic) bond motifs is 1. The van der Waals surface area contributed by atoms with Gasteiger partial charge in [0.25, 0.3) is 0 Å². The maximum Gasteiger partial charge on any atom is 0.341 e. The Morgan fingerprint density at radius 2 is 1.79 bits per heavy atom. The molecule has 0 bridgehead atoms. The Balaban J connectivity index is 1.60. The number of carboxylic acids is 1. The summed E-state index contributed by atoms with van der Waals surface area (Å²) in [6.07, 6.45) is 8.64. The van der Waals surface area contributed by atoms with Gasteiger partial charge in [0, 0.05) is 17.1 Å². The summed E-state index contributed by atoms with van der Waals surface area (Å²) in [5.41, 5.74) is 4.36. The molecule has 2 aromatic carbocycles. The molecule has 5 nitrogen and oxygen atoms in total. The van der Waals surface area contributed by atoms with E-state index in [1.165, 1.54) is 43.1 Å². The van der Waals surface area contributed by atoms with Crippen LogP contribution in [0.3, 0.4) is 0 Å². The molecule has 1 aromatic heterocycles. The van der Waals surface area contributed by atoms with Gasteiger partial charge in [0.2, 0.25) is 0 Å². The van der Waals surface area contributed by atoms with Gasteiger partial charge >= 0.3 is 5.97 Å². The highest BCUT2D eigenvalue weighted by molar-refractivity contribution is 5.85. The number of hydrogen-bond acceptors (Lipinski definition) is 3. The average Bonchev–Trinajstić information content (AvgIpc) is 3.13. The van der Waals surface area contributed by atoms with E-state index in [2.05, 4.69) is 23.3 Å². The van der Waals surface area contributed by atoms with E-state index in [-0.39, 0.29) is 6.61 Å². The summed E-state index contributed by atoms with van der Waals surface area (Å²) in [6, 6.07) is 9.81. The molecule has 0 aliphatic heterocycles. The molecule has 4 rings (SSSR count). The predicted octanol–water partition coefficient (Wildman–Crippen LogP) is 6.09. The van der Waals surface area contributed by atoms with Gasteiger partial charge in [0.1, 0.15) is 17.2 Å². The van der Waals surface area contributed by atoms with Gasteiger partial charge in [-0.15, -0.1) is 0 Å². The highest BCUT2D eigenvalue weighted by atomic mass is 16.5. The minimum atomic E-state index is -0.991. The van der Waals surface area contributed by atoms with Gasteiger partial charge in [-0.1, -0.05) is 19.3 Å². The first kappa shape index (κ1) is 19.4. The van der Waals surface area contributed by atoms with Gasteiger partial charge in [-0.3, -0.25) is 0 Å². The summed E-state index contributed by atoms with van der Waals surface area (Å²) in [6.45, 7) is 3.53. The summed E-state index contributed by atoms with van der Waals surface area (Å²) in [5.74, 6) is 1.76. The second kappa shape index (κ2) is 8.19. The Morgan fingerprint density at radius 3 is 2.48 bits per heavy atom. The summed E-state index contributed by atoms with van der Waals surface area (Å²) >= 11 is 0. The molecule has 1 aliphatic carbocycles. The first-order valence-electron chi connectivity index (χ1n) is 10.3. The van der Waals surface area contributed by atoms with Crippen LogP contribution in [-0.4, -0.2) is 22.7 Å². The fraction of sp³-hybridized carbons (Fsp3) is 0.375. The highest BCUT2D eigenvalue weighted by Crippen LogP contribution is 2.39. The zero-order chi connectivity index (χ0) is 20.4. The summed E-state index contributed by atoms with van der Waals surface area (Å²) in [7, 11) is 0. The second-order valence-corrected chi connectivity index (χ2v) is 7.96. The predicted molar refractivity (Wildman–Crippen MR) is 113 cm³/mol. The molecule has 2 N–H and O–H groups in total. The summed E-state index contributed by atoms with van der Waals surface area (Å²) < 4.78 is 11.6. The number of carbonyl (C=O) groups is 1. The topological polar surface area (TPSA) is 71.6 Å². The number of rotatable bonds is 6. The van der Waals surface area contributed by atoms with E-state index in [1.807, 2.05) is 32.0 Å². The van der Waals surface area contributed by atoms with Crippen LogP contribution in [0.1, 0.15) is 54.7 Å². The lowest BCUT2D eigenvalue weighted by atomic mass is 9.84. The third-order valence-corrected chi connectivity index (χ3v) is 5.75. The van der Waals surface area contributed by atoms with E-state index in [0.717, 1.165) is 28.1 Å². The van der Waals surface area contributed by atoms with Crippen LogP contribution in [0.5, 0.6) is 17.2 Å². The lowest BCUT2D eigenvalue weighted by Gasteiger charge is -2.21. The van der Waals surface area contributed by atoms with E-state index >= 15 is 0 Å². The fourth-order valence-electron chi connectivity index (χ4n) is 4.35. The third kappa shape index (κ3) is 4.24. The number of carboxylic acid groups (broad SMARTS) is 1. The van der Waals surface area contributed by atoms with Crippen molar-refractivity contribution < 1.29 is 19.4 Å². The molecule has 0 atom stereocenters. The van der Waals surface area contributed by atoms with Crippen molar-refractivity contribution in [2.75, 3.05) is 6.61 Å². The lowest BCUT2D eigenvalue weighted by Crippen LogP contribution is -2.09. The molecule has 0 amide bonds. The van der Waals surface area contributed by atoms with Crippen LogP contribution in [0, 0.1) is 13.8 Å². The first-order valence-corrected chi connectivity index (χ1v) is 10.3. The molecule has 1 heterocycles. The number of aromatic amines is 1. The maximum atomic E-state index is 10.7. The number of aryl methyl sites for hydroxylation is 2. The molecule has 0 unspecified atom stereocenters. The molecule has 3 aromatic rings. The third-order valence-electron chi connectivity index (χ3n) is 5.75. The number of hydrogen-bond donors (Lipinski definition) is 2. The molecule has 1 aliphatic rings. The molecule has 0 spiro atoms. The smallest absolute Gasteiger partial charge is 0.341 e. The largest absolute Gasteiger partial charge is 0.482 e. The lowest BCUT2D eigenvalue weighted by molar-refractivity contribution is -0.139. The van der Waals surface area contributed by atoms with Crippen LogP contribution in [0.2, 0.25) is 0 Å². The van der Waals surface area contributed by atoms with Crippen molar-refractivity contribution >= 4 is 16.9 Å². The van der Waals surface area contributed by atoms with Crippen LogP contribution < -0.4 is 9.47 Å². The van der Waals surface area contributed by atoms with E-state index in [9.17, 15) is 4.79 Å². The van der Waals surface area contributed by atoms with Crippen LogP contribution in [-0.2, 0) is 4.79 Å². The van der Waals surface area contributed by atoms with E-state index in [1.54, 1.807) is 0 Å². The van der Waals surface area contributed by atoms with Gasteiger partial charge in [-0.2, -0.15) is 0 Å². The fourth-order valence-corrected chi connectivity index (χ4v) is 4.35. The van der Waals surface area contributed by atoms with Gasteiger partial charge in [-0.25, -0.2) is 4.79 Å². The van der Waals surface area contributed by atoms with Crippen molar-refractivity contribution in [3.63, 3.8) is 0 Å². The quantitative estimate of drug-likeness (QED) is 0.532. The molecule has 0 saturated heterocycles. The van der Waals surface area contributed by atoms with E-state index in [4.69, 9.17) is 14.6 Å². The summed E-state index contributed by atoms with van der Waals surface area (Å²) in [4.78, 5) is 14.1. The Bertz CT molecular complexity index is 1010. The number of benzene rings is 2. The number of aromatic nitrogens is 1. The van der Waals surface area contributed by atoms with Gasteiger partial charge in [-0.05, 0) is 79.6 Å². The molecule has 29 heavy (non-hydrogen) atoms. The Hall–Kier alpha value is -2.95. The molecule has 0 radical (unpaired) electrons. The standard InChI is InChI=1S/C24H27NO4/c1-15-10-19(28-14-23(26)27)11-16(2)24(15)29-18-8-9-22-20(12-18)21(13-25-22)17-6-4-3-5-7-17/h8-13,17,25H,3-7,14H2,1-2H3,(H,26,27). The number of aliphatic carboxylic acids is 1. The number of ether oxygens (including phenoxy) is 2. The van der Waals surface area contributed by atoms with Gasteiger partial charge in [0.15, 0.2) is 6.61 Å². The minimum Gasteiger partial charge on any atom is -0.482 e. The SMILES string of the molecule is Cc1cc(OCC(=O)O)cc(C)c1Oc1ccc2[nH]cc(C3CCCCC3)c2c1. The van der Waals surface area contributed by atoms with E-state index in [0.29, 0.717) is 11.7 Å². The Kier molecular flexibility index (Phi) is 5.47. The van der Waals surface area contributed by atoms with Crippen LogP contribution in [0.4, 0.5) is 0 Å². The molecular weight excluding hydrogens is 366 g/mol. The summed E-state index contributed by atoms with van der Waals surface area (Å²) in [5, 5.41) is 10.0. The monoisotopic (exact) mass is 393 g/mol. The number of H-pyrrole nitrogens is 1. The molecule has 1 saturated carbocycles. The van der Waals surface area contributed by atoms with Crippen molar-refractivity contribution in [1.29, 1.82) is 0 Å². The minimum absolute atomic E-state index is 0.354. The highest BCUT2D eigenvalue weighted by Gasteiger charge is 2.19. The second-order valence-electron chi connectivity index (χ2n) is 7.96. The van der Waals surface area contributed by atoms with Crippen molar-refractivity contribution in [3.05, 3.63) is 53.2 Å². The molecule has 5 heteroatoms. The van der Waals surface area contributed by atoms with Gasteiger partial charge < -0.3 is 19.6 Å². The number of nitrogens with one attached hydrogen (secondary N) is 1. The normalized spacial score (nSPS) is 14.8. The van der Waals surface area contributed by atoms with Crippen LogP contribution >= 0.6 is 0 Å². The van der Waals surface area contributed by atoms with Crippen molar-refractivity contribution in [1.82, 2.24) is 4.98 Å². The van der Waals surface area contributed by atoms with Crippen LogP contribution in [0.15, 0.2) is 36.5 Å². The molecular formula is C24H27NO4.